The monoisotopic (exact) mass is 372 g/mol. The number of hydrogen-bond acceptors (Lipinski definition) is 5. The lowest BCUT2D eigenvalue weighted by molar-refractivity contribution is -0.118. The average Bonchev–Trinajstić information content (AvgIpc) is 2.63. The van der Waals surface area contributed by atoms with Gasteiger partial charge in [0.1, 0.15) is 0 Å². The van der Waals surface area contributed by atoms with Gasteiger partial charge < -0.3 is 25.2 Å². The Morgan fingerprint density at radius 3 is 2.52 bits per heavy atom. The van der Waals surface area contributed by atoms with Crippen LogP contribution in [0.15, 0.2) is 42.5 Å². The van der Waals surface area contributed by atoms with E-state index in [-0.39, 0.29) is 12.5 Å². The molecule has 0 heterocycles. The van der Waals surface area contributed by atoms with Crippen molar-refractivity contribution in [2.24, 2.45) is 0 Å². The predicted octanol–water partition coefficient (Wildman–Crippen LogP) is 2.88. The van der Waals surface area contributed by atoms with Crippen LogP contribution in [0, 0.1) is 6.92 Å². The number of anilines is 1. The van der Waals surface area contributed by atoms with Crippen LogP contribution in [0.3, 0.4) is 0 Å². The highest BCUT2D eigenvalue weighted by molar-refractivity contribution is 5.91. The van der Waals surface area contributed by atoms with E-state index in [0.717, 1.165) is 16.8 Å². The van der Waals surface area contributed by atoms with Crippen molar-refractivity contribution < 1.29 is 19.4 Å². The molecule has 2 aromatic carbocycles. The Kier molecular flexibility index (Phi) is 8.10. The van der Waals surface area contributed by atoms with Crippen molar-refractivity contribution in [1.29, 1.82) is 0 Å². The quantitative estimate of drug-likeness (QED) is 0.598. The van der Waals surface area contributed by atoms with Crippen LogP contribution >= 0.6 is 0 Å². The molecule has 0 saturated carbocycles. The number of hydrogen-bond donors (Lipinski definition) is 3. The number of amides is 1. The Morgan fingerprint density at radius 2 is 1.85 bits per heavy atom. The molecule has 0 fully saturated rings. The molecule has 2 aromatic rings. The lowest BCUT2D eigenvalue weighted by atomic mass is 10.2. The zero-order valence-electron chi connectivity index (χ0n) is 16.1. The van der Waals surface area contributed by atoms with Gasteiger partial charge in [0.25, 0.3) is 5.91 Å². The molecule has 0 aliphatic heterocycles. The number of rotatable bonds is 10. The minimum absolute atomic E-state index is 0.104. The highest BCUT2D eigenvalue weighted by atomic mass is 16.5. The van der Waals surface area contributed by atoms with Gasteiger partial charge in [-0.1, -0.05) is 23.8 Å². The third kappa shape index (κ3) is 7.29. The topological polar surface area (TPSA) is 79.8 Å². The van der Waals surface area contributed by atoms with Crippen LogP contribution in [0.2, 0.25) is 0 Å². The number of nitrogens with one attached hydrogen (secondary N) is 2. The van der Waals surface area contributed by atoms with E-state index >= 15 is 0 Å². The van der Waals surface area contributed by atoms with Crippen molar-refractivity contribution in [3.05, 3.63) is 53.6 Å². The Labute approximate surface area is 160 Å². The Morgan fingerprint density at radius 1 is 1.11 bits per heavy atom. The number of aliphatic hydroxyl groups is 1. The molecular weight excluding hydrogens is 344 g/mol. The summed E-state index contributed by atoms with van der Waals surface area (Å²) in [5, 5.41) is 15.3. The zero-order valence-corrected chi connectivity index (χ0v) is 16.1. The molecule has 0 saturated heterocycles. The normalized spacial score (nSPS) is 11.7. The van der Waals surface area contributed by atoms with E-state index in [1.165, 1.54) is 0 Å². The number of benzene rings is 2. The Hall–Kier alpha value is -2.57. The van der Waals surface area contributed by atoms with Gasteiger partial charge in [-0.05, 0) is 50.6 Å². The summed E-state index contributed by atoms with van der Waals surface area (Å²) in [4.78, 5) is 12.1. The smallest absolute Gasteiger partial charge is 0.262 e. The molecule has 1 amide bonds. The van der Waals surface area contributed by atoms with Crippen LogP contribution in [0.5, 0.6) is 11.5 Å². The second-order valence-corrected chi connectivity index (χ2v) is 6.40. The van der Waals surface area contributed by atoms with E-state index in [9.17, 15) is 9.90 Å². The summed E-state index contributed by atoms with van der Waals surface area (Å²) < 4.78 is 11.3. The van der Waals surface area contributed by atoms with Gasteiger partial charge in [0.2, 0.25) is 0 Å². The standard InChI is InChI=1S/C21H28N2O4/c1-4-26-20-11-17(13-22-12-16(3)24)7-10-19(20)27-14-21(25)23-18-8-5-15(2)6-9-18/h5-11,16,22,24H,4,12-14H2,1-3H3,(H,23,25)/t16-/m1/s1. The molecule has 146 valence electrons. The van der Waals surface area contributed by atoms with Crippen LogP contribution in [0.25, 0.3) is 0 Å². The van der Waals surface area contributed by atoms with E-state index in [0.29, 0.717) is 31.2 Å². The molecule has 6 nitrogen and oxygen atoms in total. The maximum absolute atomic E-state index is 12.1. The summed E-state index contributed by atoms with van der Waals surface area (Å²) in [7, 11) is 0. The predicted molar refractivity (Wildman–Crippen MR) is 106 cm³/mol. The van der Waals surface area contributed by atoms with Crippen LogP contribution in [-0.4, -0.2) is 36.9 Å². The number of aryl methyl sites for hydroxylation is 1. The van der Waals surface area contributed by atoms with E-state index in [1.807, 2.05) is 50.2 Å². The van der Waals surface area contributed by atoms with Gasteiger partial charge in [-0.3, -0.25) is 4.79 Å². The molecule has 0 aromatic heterocycles. The minimum atomic E-state index is -0.397. The lowest BCUT2D eigenvalue weighted by Crippen LogP contribution is -2.23. The molecular formula is C21H28N2O4. The molecule has 0 aliphatic carbocycles. The molecule has 0 radical (unpaired) electrons. The molecule has 27 heavy (non-hydrogen) atoms. The second kappa shape index (κ2) is 10.5. The van der Waals surface area contributed by atoms with Crippen molar-refractivity contribution in [2.75, 3.05) is 25.1 Å². The fraction of sp³-hybridized carbons (Fsp3) is 0.381. The summed E-state index contributed by atoms with van der Waals surface area (Å²) in [6.07, 6.45) is -0.397. The maximum Gasteiger partial charge on any atom is 0.262 e. The first-order chi connectivity index (χ1) is 13.0. The third-order valence-corrected chi connectivity index (χ3v) is 3.77. The lowest BCUT2D eigenvalue weighted by Gasteiger charge is -2.14. The molecule has 3 N–H and O–H groups in total. The van der Waals surface area contributed by atoms with Crippen LogP contribution in [0.1, 0.15) is 25.0 Å². The minimum Gasteiger partial charge on any atom is -0.490 e. The number of ether oxygens (including phenoxy) is 2. The van der Waals surface area contributed by atoms with Crippen LogP contribution in [-0.2, 0) is 11.3 Å². The summed E-state index contributed by atoms with van der Waals surface area (Å²) >= 11 is 0. The Bertz CT molecular complexity index is 729. The van der Waals surface area contributed by atoms with Gasteiger partial charge in [-0.2, -0.15) is 0 Å². The van der Waals surface area contributed by atoms with E-state index in [2.05, 4.69) is 10.6 Å². The van der Waals surface area contributed by atoms with Crippen molar-refractivity contribution in [2.45, 2.75) is 33.4 Å². The van der Waals surface area contributed by atoms with Crippen molar-refractivity contribution >= 4 is 11.6 Å². The first-order valence-corrected chi connectivity index (χ1v) is 9.11. The largest absolute Gasteiger partial charge is 0.490 e. The first kappa shape index (κ1) is 20.7. The maximum atomic E-state index is 12.1. The summed E-state index contributed by atoms with van der Waals surface area (Å²) in [5.41, 5.74) is 2.88. The molecule has 2 rings (SSSR count). The summed E-state index contributed by atoms with van der Waals surface area (Å²) in [6, 6.07) is 13.2. The molecule has 0 spiro atoms. The van der Waals surface area contributed by atoms with Gasteiger partial charge in [-0.15, -0.1) is 0 Å². The average molecular weight is 372 g/mol. The highest BCUT2D eigenvalue weighted by Gasteiger charge is 2.10. The fourth-order valence-corrected chi connectivity index (χ4v) is 2.45. The fourth-order valence-electron chi connectivity index (χ4n) is 2.45. The number of carbonyl (C=O) groups excluding carboxylic acids is 1. The van der Waals surface area contributed by atoms with Gasteiger partial charge >= 0.3 is 0 Å². The van der Waals surface area contributed by atoms with Gasteiger partial charge in [0, 0.05) is 18.8 Å². The number of carbonyl (C=O) groups is 1. The molecule has 6 heteroatoms. The van der Waals surface area contributed by atoms with Crippen LogP contribution < -0.4 is 20.1 Å². The Balaban J connectivity index is 1.93. The van der Waals surface area contributed by atoms with Crippen molar-refractivity contribution in [3.63, 3.8) is 0 Å². The highest BCUT2D eigenvalue weighted by Crippen LogP contribution is 2.28. The van der Waals surface area contributed by atoms with Crippen molar-refractivity contribution in [1.82, 2.24) is 5.32 Å². The molecule has 1 atom stereocenters. The van der Waals surface area contributed by atoms with Gasteiger partial charge in [-0.25, -0.2) is 0 Å². The number of aliphatic hydroxyl groups excluding tert-OH is 1. The van der Waals surface area contributed by atoms with Crippen LogP contribution in [0.4, 0.5) is 5.69 Å². The van der Waals surface area contributed by atoms with Crippen molar-refractivity contribution in [3.8, 4) is 11.5 Å². The first-order valence-electron chi connectivity index (χ1n) is 9.11. The van der Waals surface area contributed by atoms with Gasteiger partial charge in [0.05, 0.1) is 12.7 Å². The summed E-state index contributed by atoms with van der Waals surface area (Å²) in [5.74, 6) is 0.885. The second-order valence-electron chi connectivity index (χ2n) is 6.40. The van der Waals surface area contributed by atoms with E-state index in [1.54, 1.807) is 13.0 Å². The molecule has 0 unspecified atom stereocenters. The zero-order chi connectivity index (χ0) is 19.6. The van der Waals surface area contributed by atoms with E-state index < -0.39 is 6.10 Å². The summed E-state index contributed by atoms with van der Waals surface area (Å²) in [6.45, 7) is 7.14. The molecule has 0 bridgehead atoms. The third-order valence-electron chi connectivity index (χ3n) is 3.77. The van der Waals surface area contributed by atoms with Gasteiger partial charge in [0.15, 0.2) is 18.1 Å². The molecule has 0 aliphatic rings. The van der Waals surface area contributed by atoms with E-state index in [4.69, 9.17) is 9.47 Å². The SMILES string of the molecule is CCOc1cc(CNC[C@@H](C)O)ccc1OCC(=O)Nc1ccc(C)cc1.